The van der Waals surface area contributed by atoms with Crippen molar-refractivity contribution in [1.82, 2.24) is 0 Å². The number of halogens is 2. The number of Topliss-reactive ketones (excluding diaryl/α,β-unsaturated/α-hetero) is 1. The maximum Gasteiger partial charge on any atom is 0.167 e. The van der Waals surface area contributed by atoms with Crippen LogP contribution in [0, 0.1) is 5.82 Å². The zero-order valence-corrected chi connectivity index (χ0v) is 10.5. The van der Waals surface area contributed by atoms with Crippen molar-refractivity contribution < 1.29 is 13.9 Å². The third kappa shape index (κ3) is 3.10. The van der Waals surface area contributed by atoms with E-state index >= 15 is 0 Å². The Balaban J connectivity index is 3.10. The molecular weight excluding hydrogens is 277 g/mol. The summed E-state index contributed by atoms with van der Waals surface area (Å²) < 4.78 is 18.9. The average molecular weight is 290 g/mol. The second-order valence-corrected chi connectivity index (χ2v) is 4.19. The largest absolute Gasteiger partial charge is 0.380 e. The summed E-state index contributed by atoms with van der Waals surface area (Å²) in [5.74, 6) is -0.836. The van der Waals surface area contributed by atoms with Gasteiger partial charge in [-0.1, -0.05) is 0 Å². The van der Waals surface area contributed by atoms with Crippen molar-refractivity contribution >= 4 is 21.7 Å². The van der Waals surface area contributed by atoms with Gasteiger partial charge in [0.25, 0.3) is 0 Å². The molecule has 0 unspecified atom stereocenters. The van der Waals surface area contributed by atoms with Crippen LogP contribution < -0.4 is 5.73 Å². The van der Waals surface area contributed by atoms with Gasteiger partial charge in [-0.15, -0.1) is 0 Å². The van der Waals surface area contributed by atoms with Gasteiger partial charge in [-0.25, -0.2) is 4.39 Å². The summed E-state index contributed by atoms with van der Waals surface area (Å²) in [4.78, 5) is 11.6. The molecule has 0 amide bonds. The first-order valence-electron chi connectivity index (χ1n) is 4.80. The first-order chi connectivity index (χ1) is 7.60. The molecule has 0 atom stereocenters. The Morgan fingerprint density at radius 1 is 1.56 bits per heavy atom. The maximum absolute atomic E-state index is 13.6. The number of ketones is 1. The zero-order chi connectivity index (χ0) is 12.1. The lowest BCUT2D eigenvalue weighted by Gasteiger charge is -2.07. The Labute approximate surface area is 102 Å². The molecule has 0 aliphatic heterocycles. The van der Waals surface area contributed by atoms with Crippen LogP contribution in [-0.2, 0) is 11.3 Å². The number of hydrogen-bond donors (Lipinski definition) is 1. The van der Waals surface area contributed by atoms with Crippen LogP contribution in [0.4, 0.5) is 4.39 Å². The predicted octanol–water partition coefficient (Wildman–Crippen LogP) is 2.27. The fourth-order valence-electron chi connectivity index (χ4n) is 1.36. The van der Waals surface area contributed by atoms with E-state index in [1.807, 2.05) is 0 Å². The molecule has 0 saturated heterocycles. The molecule has 0 aromatic heterocycles. The molecule has 1 aromatic rings. The monoisotopic (exact) mass is 289 g/mol. The molecular formula is C11H13BrFNO2. The third-order valence-corrected chi connectivity index (χ3v) is 2.65. The SMILES string of the molecule is COCc1cc(Br)c(F)c(C(=O)CCN)c1. The van der Waals surface area contributed by atoms with E-state index in [4.69, 9.17) is 10.5 Å². The van der Waals surface area contributed by atoms with Crippen molar-refractivity contribution in [2.45, 2.75) is 13.0 Å². The van der Waals surface area contributed by atoms with E-state index in [1.165, 1.54) is 6.07 Å². The number of rotatable bonds is 5. The number of benzene rings is 1. The predicted molar refractivity (Wildman–Crippen MR) is 62.8 cm³/mol. The van der Waals surface area contributed by atoms with Gasteiger partial charge < -0.3 is 10.5 Å². The van der Waals surface area contributed by atoms with Gasteiger partial charge in [-0.05, 0) is 40.2 Å². The topological polar surface area (TPSA) is 52.3 Å². The number of carbonyl (C=O) groups is 1. The molecule has 0 aliphatic carbocycles. The van der Waals surface area contributed by atoms with Crippen LogP contribution in [0.25, 0.3) is 0 Å². The van der Waals surface area contributed by atoms with E-state index in [0.717, 1.165) is 5.56 Å². The number of hydrogen-bond acceptors (Lipinski definition) is 3. The molecule has 0 fully saturated rings. The van der Waals surface area contributed by atoms with Crippen LogP contribution in [0.2, 0.25) is 0 Å². The molecule has 0 spiro atoms. The molecule has 3 nitrogen and oxygen atoms in total. The van der Waals surface area contributed by atoms with Crippen LogP contribution in [0.15, 0.2) is 16.6 Å². The van der Waals surface area contributed by atoms with E-state index in [1.54, 1.807) is 13.2 Å². The van der Waals surface area contributed by atoms with Gasteiger partial charge in [0.1, 0.15) is 5.82 Å². The van der Waals surface area contributed by atoms with E-state index < -0.39 is 5.82 Å². The van der Waals surface area contributed by atoms with Crippen molar-refractivity contribution in [1.29, 1.82) is 0 Å². The zero-order valence-electron chi connectivity index (χ0n) is 8.93. The minimum Gasteiger partial charge on any atom is -0.380 e. The summed E-state index contributed by atoms with van der Waals surface area (Å²) in [5, 5.41) is 0. The summed E-state index contributed by atoms with van der Waals surface area (Å²) in [7, 11) is 1.54. The molecule has 0 heterocycles. The molecule has 0 aliphatic rings. The minimum absolute atomic E-state index is 0.0619. The van der Waals surface area contributed by atoms with Gasteiger partial charge in [0.15, 0.2) is 5.78 Å². The summed E-state index contributed by atoms with van der Waals surface area (Å²) in [6, 6.07) is 3.10. The highest BCUT2D eigenvalue weighted by atomic mass is 79.9. The van der Waals surface area contributed by atoms with Crippen molar-refractivity contribution in [3.63, 3.8) is 0 Å². The molecule has 16 heavy (non-hydrogen) atoms. The lowest BCUT2D eigenvalue weighted by molar-refractivity contribution is 0.0981. The average Bonchev–Trinajstić information content (AvgIpc) is 2.23. The number of nitrogens with two attached hydrogens (primary N) is 1. The van der Waals surface area contributed by atoms with Gasteiger partial charge in [0.05, 0.1) is 16.6 Å². The highest BCUT2D eigenvalue weighted by Gasteiger charge is 2.15. The molecule has 1 aromatic carbocycles. The second kappa shape index (κ2) is 6.08. The molecule has 2 N–H and O–H groups in total. The summed E-state index contributed by atoms with van der Waals surface area (Å²) in [5.41, 5.74) is 6.08. The Kier molecular flexibility index (Phi) is 5.05. The number of ether oxygens (including phenoxy) is 1. The van der Waals surface area contributed by atoms with Crippen LogP contribution in [0.5, 0.6) is 0 Å². The van der Waals surface area contributed by atoms with E-state index in [-0.39, 0.29) is 28.8 Å². The van der Waals surface area contributed by atoms with Crippen LogP contribution in [0.1, 0.15) is 22.3 Å². The number of methoxy groups -OCH3 is 1. The van der Waals surface area contributed by atoms with Crippen molar-refractivity contribution in [2.24, 2.45) is 5.73 Å². The quantitative estimate of drug-likeness (QED) is 0.846. The Bertz CT molecular complexity index is 396. The van der Waals surface area contributed by atoms with Crippen molar-refractivity contribution in [2.75, 3.05) is 13.7 Å². The smallest absolute Gasteiger partial charge is 0.167 e. The maximum atomic E-state index is 13.6. The fraction of sp³-hybridized carbons (Fsp3) is 0.364. The first kappa shape index (κ1) is 13.3. The van der Waals surface area contributed by atoms with Gasteiger partial charge >= 0.3 is 0 Å². The molecule has 5 heteroatoms. The van der Waals surface area contributed by atoms with Gasteiger partial charge in [0, 0.05) is 13.5 Å². The highest BCUT2D eigenvalue weighted by Crippen LogP contribution is 2.23. The molecule has 0 saturated carbocycles. The summed E-state index contributed by atoms with van der Waals surface area (Å²) in [6.07, 6.45) is 0.139. The normalized spacial score (nSPS) is 10.5. The summed E-state index contributed by atoms with van der Waals surface area (Å²) >= 11 is 3.07. The summed E-state index contributed by atoms with van der Waals surface area (Å²) in [6.45, 7) is 0.548. The Hall–Kier alpha value is -0.780. The highest BCUT2D eigenvalue weighted by molar-refractivity contribution is 9.10. The second-order valence-electron chi connectivity index (χ2n) is 3.33. The Morgan fingerprint density at radius 3 is 2.81 bits per heavy atom. The van der Waals surface area contributed by atoms with Crippen LogP contribution >= 0.6 is 15.9 Å². The lowest BCUT2D eigenvalue weighted by Crippen LogP contribution is -2.10. The third-order valence-electron chi connectivity index (χ3n) is 2.07. The van der Waals surface area contributed by atoms with E-state index in [9.17, 15) is 9.18 Å². The molecule has 1 rings (SSSR count). The van der Waals surface area contributed by atoms with Gasteiger partial charge in [-0.3, -0.25) is 4.79 Å². The van der Waals surface area contributed by atoms with Crippen LogP contribution in [0.3, 0.4) is 0 Å². The standard InChI is InChI=1S/C11H13BrFNO2/c1-16-6-7-4-8(10(15)2-3-14)11(13)9(12)5-7/h4-5H,2-3,6,14H2,1H3. The van der Waals surface area contributed by atoms with Gasteiger partial charge in [0.2, 0.25) is 0 Å². The van der Waals surface area contributed by atoms with Gasteiger partial charge in [-0.2, -0.15) is 0 Å². The van der Waals surface area contributed by atoms with Crippen molar-refractivity contribution in [3.8, 4) is 0 Å². The molecule has 0 bridgehead atoms. The molecule has 0 radical (unpaired) electrons. The van der Waals surface area contributed by atoms with Crippen LogP contribution in [-0.4, -0.2) is 19.4 Å². The van der Waals surface area contributed by atoms with Crippen molar-refractivity contribution in [3.05, 3.63) is 33.5 Å². The minimum atomic E-state index is -0.543. The van der Waals surface area contributed by atoms with E-state index in [2.05, 4.69) is 15.9 Å². The fourth-order valence-corrected chi connectivity index (χ4v) is 1.87. The number of carbonyl (C=O) groups excluding carboxylic acids is 1. The Morgan fingerprint density at radius 2 is 2.25 bits per heavy atom. The van der Waals surface area contributed by atoms with E-state index in [0.29, 0.717) is 6.61 Å². The lowest BCUT2D eigenvalue weighted by atomic mass is 10.0. The first-order valence-corrected chi connectivity index (χ1v) is 5.59. The molecule has 88 valence electrons.